The van der Waals surface area contributed by atoms with Gasteiger partial charge in [0, 0.05) is 107 Å². The smallest absolute Gasteiger partial charge is 0.252 e. The van der Waals surface area contributed by atoms with E-state index in [1.54, 1.807) is 30.9 Å². The first kappa shape index (κ1) is 185. The minimum Gasteiger partial charge on any atom is -0.276 e. The van der Waals surface area contributed by atoms with Crippen LogP contribution in [0.5, 0.6) is 0 Å². The summed E-state index contributed by atoms with van der Waals surface area (Å²) in [6, 6.07) is 9.08. The van der Waals surface area contributed by atoms with Crippen molar-refractivity contribution in [3.8, 4) is 83.4 Å². The summed E-state index contributed by atoms with van der Waals surface area (Å²) in [5.41, 5.74) is 3.24. The number of ketones is 1. The van der Waals surface area contributed by atoms with Crippen LogP contribution in [-0.2, 0) is 60.5 Å². The van der Waals surface area contributed by atoms with Crippen LogP contribution in [0.1, 0.15) is 135 Å². The Kier molecular flexibility index (Phi) is 129. The van der Waals surface area contributed by atoms with Crippen LogP contribution in [0.3, 0.4) is 0 Å². The summed E-state index contributed by atoms with van der Waals surface area (Å²) in [4.78, 5) is 49.8. The molecule has 150 heavy (non-hydrogen) atoms. The van der Waals surface area contributed by atoms with Crippen LogP contribution in [0.25, 0.3) is 0 Å². The van der Waals surface area contributed by atoms with E-state index in [2.05, 4.69) is 738 Å². The third-order valence-electron chi connectivity index (χ3n) is 16.2. The van der Waals surface area contributed by atoms with Gasteiger partial charge in [-0.05, 0) is 184 Å². The summed E-state index contributed by atoms with van der Waals surface area (Å²) >= 11 is 139. The van der Waals surface area contributed by atoms with E-state index in [0.29, 0.717) is 121 Å². The van der Waals surface area contributed by atoms with Crippen molar-refractivity contribution in [3.05, 3.63) is 102 Å². The predicted octanol–water partition coefficient (Wildman–Crippen LogP) is 65.5. The number of terminal acetylenes is 1. The van der Waals surface area contributed by atoms with E-state index in [1.807, 2.05) is 0 Å². The number of nitrogens with zero attached hydrogens (tertiary/aromatic N) is 6. The van der Waals surface area contributed by atoms with Gasteiger partial charge in [-0.25, -0.2) is 0 Å². The van der Waals surface area contributed by atoms with Gasteiger partial charge in [0.15, 0.2) is 0 Å². The molecule has 2 unspecified atom stereocenters. The van der Waals surface area contributed by atoms with Crippen LogP contribution >= 0.6 is 917 Å². The van der Waals surface area contributed by atoms with Gasteiger partial charge in [-0.2, -0.15) is 27.8 Å². The molecule has 4 aliphatic heterocycles. The molecule has 0 aliphatic carbocycles. The molecule has 0 saturated heterocycles. The zero-order chi connectivity index (χ0) is 114. The van der Waals surface area contributed by atoms with Gasteiger partial charge in [0.1, 0.15) is 17.2 Å². The molecule has 0 radical (unpaired) electrons. The standard InChI is InChI=1S/C21H22Cl2F2N4O2.C15H21F2N3O.C15H4.C7H3Cl3O.C6H15N.I65/c1-12(30)26-9-13-4-6-21(24,25)19-15-11-28(7-5-18(15)27-29(19)10-13)20(31)14-2-3-16(22)17(23)8-14;1-10(21)2-3-11-4-6-15(16,17)14-12-8-18-7-5-13(12)19-20(14)9-11;1-3-5-7-9-11-13-15-14-12-10-8-6-4-2;8-5-2-1-4(7(10)11)3-6(5)9;1-4-7(5-2)6-3;1-34-36(4)38(6)40(8)42(10)44(12)46(14)48(16)50(18)52(20)54(22)56(24)58(26)60(28)62(30)64(32)65(33)63(31)61(29)59(27)57(25)55(23)53(21)51(19)49(17)47(15)45(13)43(11)41(9)39(7)37(5)35(2)3/h2-3,8,13H,4-7,9-11H2,1H3,(H,26,30);11,18H,2-9H2,1H3;1H,2H3;1-3H;4-6H2,1-3H3;/q;;;;;-1. The number of benzene rings is 2. The molecule has 0 fully saturated rings. The average molecular weight is 9510 g/mol. The van der Waals surface area contributed by atoms with Crippen molar-refractivity contribution >= 4 is 940 Å². The summed E-state index contributed by atoms with van der Waals surface area (Å²) in [7, 11) is -17.4. The summed E-state index contributed by atoms with van der Waals surface area (Å²) < 4.78 is 62.1. The molecule has 12 nitrogen and oxygen atoms in total. The average Bonchev–Trinajstić information content (AvgIpc) is 1.60. The third kappa shape index (κ3) is 69.7. The second-order valence-corrected chi connectivity index (χ2v) is 1550. The van der Waals surface area contributed by atoms with Crippen LogP contribution < -0.4 is 23.9 Å². The topological polar surface area (TPSA) is 134 Å². The van der Waals surface area contributed by atoms with Crippen LogP contribution in [0.4, 0.5) is 17.6 Å². The quantitative estimate of drug-likeness (QED) is 0.0194. The Morgan fingerprint density at radius 1 is 0.460 bits per heavy atom. The number of halogens is 74. The molecule has 0 bridgehead atoms. The first-order valence-electron chi connectivity index (χ1n) is 36.5. The number of fused-ring (bicyclic) bond motifs is 6. The van der Waals surface area contributed by atoms with Gasteiger partial charge < -0.3 is 25.2 Å². The monoisotopic (exact) mass is 9510 g/mol. The molecule has 0 spiro atoms. The summed E-state index contributed by atoms with van der Waals surface area (Å²) in [6.07, 6.45) is 7.38. The Morgan fingerprint density at radius 3 is 1.10 bits per heavy atom. The largest absolute Gasteiger partial charge is 0.276 e. The van der Waals surface area contributed by atoms with Crippen molar-refractivity contribution in [1.82, 2.24) is 40.0 Å². The molecule has 6 heterocycles. The minimum absolute atomic E-state index is 0.0652. The zero-order valence-corrected chi connectivity index (χ0v) is 217. The molecule has 2 N–H and O–H groups in total. The fourth-order valence-corrected chi connectivity index (χ4v) is 12400. The third-order valence-corrected chi connectivity index (χ3v) is 5060. The second kappa shape index (κ2) is 105. The Bertz CT molecular complexity index is 5420. The molecule has 2 aromatic carbocycles. The maximum absolute atomic E-state index is 15.1. The predicted molar refractivity (Wildman–Crippen MR) is 1230 cm³/mol. The zero-order valence-electron chi connectivity index (χ0n) is 72.7. The summed E-state index contributed by atoms with van der Waals surface area (Å²) in [5.74, 6) is 25.7. The number of nitrogens with one attached hydrogen (secondary N) is 2. The van der Waals surface area contributed by atoms with Crippen molar-refractivity contribution < 1.29 is 50.0 Å². The molecular weight excluding hydrogens is 9450 g/mol. The van der Waals surface area contributed by atoms with Crippen LogP contribution in [0.15, 0.2) is 36.4 Å². The number of aromatic nitrogens is 4. The molecule has 2 atom stereocenters. The Morgan fingerprint density at radius 2 is 0.780 bits per heavy atom. The summed E-state index contributed by atoms with van der Waals surface area (Å²) in [6.45, 7) is 17.6. The maximum Gasteiger partial charge on any atom is 0.252 e. The van der Waals surface area contributed by atoms with Gasteiger partial charge in [-0.3, -0.25) is 23.7 Å². The SMILES string of the molecule is C#CC#CC#CC#CC#CC#CC#CC.CC(=O)CCC1CCC(F)(F)c2c3c(nn2C1)CCNC3.CC(=O)NCC1CCC(F)(F)c2c3c(nn2C1)CCN(C(=O)c1ccc(Cl)c(Cl)c1)C3.CCN(CC)CC.I[I-]I(I)I(I)I(I)I(I)I(I)I(I)I(I)I(I)I(I)I(I)I(I)I(I)I(I)I(I)I(I)I(I)I(I)I(I)I(I)I(I)I(I)I(I)I(I)I(I)I(I)I(I)I(I)I(I)I(I)I(I)I(I)I.O=C(Cl)c1ccc(Cl)c(Cl)c1. The van der Waals surface area contributed by atoms with Crippen molar-refractivity contribution in [1.29, 1.82) is 0 Å². The normalized spacial score (nSPS) is 17.3. The number of hydrogen-bond donors (Lipinski definition) is 2. The molecule has 86 heteroatoms. The second-order valence-electron chi connectivity index (χ2n) is 24.7. The van der Waals surface area contributed by atoms with Gasteiger partial charge in [0.25, 0.3) is 23.0 Å². The van der Waals surface area contributed by atoms with Gasteiger partial charge in [0.2, 0.25) is 5.91 Å². The molecule has 8 rings (SSSR count). The molecule has 2 amide bonds. The molecule has 0 saturated carbocycles. The number of Topliss-reactive ketones (excluding diaryl/α,β-unsaturated/α-hetero) is 1. The van der Waals surface area contributed by atoms with Gasteiger partial charge in [0.05, 0.1) is 31.5 Å². The van der Waals surface area contributed by atoms with Crippen LogP contribution in [-0.4, -0.2) is 91.5 Å². The Balaban J connectivity index is 0.000000548. The van der Waals surface area contributed by atoms with E-state index in [-0.39, 0.29) is 71.7 Å². The molecular formula is C64H65Cl5F4I65N8O4-. The number of alkyl halides is 4. The minimum atomic E-state index is -3.05. The maximum atomic E-state index is 15.1. The van der Waals surface area contributed by atoms with Gasteiger partial charge >= 0.3 is 872 Å². The van der Waals surface area contributed by atoms with E-state index >= 15 is 8.78 Å². The first-order chi connectivity index (χ1) is 70.1. The van der Waals surface area contributed by atoms with Crippen molar-refractivity contribution in [3.63, 3.8) is 0 Å². The molecule has 904 valence electrons. The Labute approximate surface area is 1340 Å². The Hall–Kier alpha value is 40.6. The van der Waals surface area contributed by atoms with Gasteiger partial charge in [-0.1, -0.05) is 73.1 Å². The van der Waals surface area contributed by atoms with Gasteiger partial charge in [-0.15, -0.1) is 6.42 Å². The number of carbonyl (C=O) groups is 4. The molecule has 2 aromatic heterocycles. The number of amides is 2. The molecule has 4 aliphatic rings. The first-order valence-corrected chi connectivity index (χ1v) is 441. The number of carbonyl (C=O) groups excluding carboxylic acids is 4. The van der Waals surface area contributed by atoms with E-state index in [9.17, 15) is 28.0 Å². The van der Waals surface area contributed by atoms with Crippen LogP contribution in [0, 0.1) is 95.2 Å². The van der Waals surface area contributed by atoms with Crippen molar-refractivity contribution in [2.24, 2.45) is 11.8 Å². The van der Waals surface area contributed by atoms with Crippen LogP contribution in [0.2, 0.25) is 20.1 Å². The van der Waals surface area contributed by atoms with E-state index < -0.39 is 262 Å². The number of hydrogen-bond acceptors (Lipinski definition) is 8. The van der Waals surface area contributed by atoms with E-state index in [4.69, 9.17) is 64.4 Å². The van der Waals surface area contributed by atoms with Crippen molar-refractivity contribution in [2.45, 2.75) is 131 Å². The fourth-order valence-electron chi connectivity index (χ4n) is 10.2. The fraction of sp³-hybridized carbons (Fsp3) is 0.438. The summed E-state index contributed by atoms with van der Waals surface area (Å²) in [5, 5.41) is 15.6. The van der Waals surface area contributed by atoms with E-state index in [1.165, 1.54) is 60.2 Å². The van der Waals surface area contributed by atoms with E-state index in [0.717, 1.165) is 12.2 Å². The molecule has 4 aromatic rings. The number of rotatable bonds is 41. The van der Waals surface area contributed by atoms with Crippen molar-refractivity contribution in [2.75, 3.05) is 39.3 Å².